The van der Waals surface area contributed by atoms with Gasteiger partial charge in [-0.3, -0.25) is 0 Å². The molecule has 0 aliphatic carbocycles. The summed E-state index contributed by atoms with van der Waals surface area (Å²) in [5, 5.41) is 3.42. The van der Waals surface area contributed by atoms with Crippen molar-refractivity contribution in [2.45, 2.75) is 39.2 Å². The van der Waals surface area contributed by atoms with Crippen LogP contribution in [-0.4, -0.2) is 31.1 Å². The van der Waals surface area contributed by atoms with E-state index in [-0.39, 0.29) is 11.9 Å². The van der Waals surface area contributed by atoms with Gasteiger partial charge >= 0.3 is 0 Å². The standard InChI is InChI=1S/C17H27FN2/c1-3-19-17(15-8-4-5-9-16(15)18)10-12-20-11-6-7-14(2)13-20/h4-5,8-9,14,17,19H,3,6-7,10-13H2,1-2H3. The van der Waals surface area contributed by atoms with Gasteiger partial charge in [-0.15, -0.1) is 0 Å². The van der Waals surface area contributed by atoms with Gasteiger partial charge in [0.05, 0.1) is 0 Å². The van der Waals surface area contributed by atoms with Crippen LogP contribution in [0.1, 0.15) is 44.7 Å². The van der Waals surface area contributed by atoms with E-state index in [4.69, 9.17) is 0 Å². The molecule has 2 unspecified atom stereocenters. The third-order valence-electron chi connectivity index (χ3n) is 4.21. The maximum absolute atomic E-state index is 13.9. The smallest absolute Gasteiger partial charge is 0.127 e. The highest BCUT2D eigenvalue weighted by Gasteiger charge is 2.19. The lowest BCUT2D eigenvalue weighted by Crippen LogP contribution is -2.36. The molecule has 1 fully saturated rings. The molecule has 0 radical (unpaired) electrons. The molecule has 0 spiro atoms. The molecule has 2 nitrogen and oxygen atoms in total. The minimum Gasteiger partial charge on any atom is -0.310 e. The molecule has 1 aliphatic rings. The highest BCUT2D eigenvalue weighted by atomic mass is 19.1. The van der Waals surface area contributed by atoms with Gasteiger partial charge in [0.25, 0.3) is 0 Å². The SMILES string of the molecule is CCNC(CCN1CCCC(C)C1)c1ccccc1F. The van der Waals surface area contributed by atoms with Crippen molar-refractivity contribution in [2.75, 3.05) is 26.2 Å². The number of rotatable bonds is 6. The Labute approximate surface area is 122 Å². The Hall–Kier alpha value is -0.930. The van der Waals surface area contributed by atoms with E-state index in [1.807, 2.05) is 12.1 Å². The molecule has 1 N–H and O–H groups in total. The molecule has 20 heavy (non-hydrogen) atoms. The number of hydrogen-bond donors (Lipinski definition) is 1. The van der Waals surface area contributed by atoms with Gasteiger partial charge in [0, 0.05) is 18.2 Å². The van der Waals surface area contributed by atoms with Crippen molar-refractivity contribution in [3.63, 3.8) is 0 Å². The first kappa shape index (κ1) is 15.5. The zero-order valence-electron chi connectivity index (χ0n) is 12.7. The fourth-order valence-electron chi connectivity index (χ4n) is 3.17. The second-order valence-electron chi connectivity index (χ2n) is 5.97. The molecular weight excluding hydrogens is 251 g/mol. The lowest BCUT2D eigenvalue weighted by Gasteiger charge is -2.32. The average Bonchev–Trinajstić information content (AvgIpc) is 2.44. The number of hydrogen-bond acceptors (Lipinski definition) is 2. The summed E-state index contributed by atoms with van der Waals surface area (Å²) in [5.74, 6) is 0.709. The van der Waals surface area contributed by atoms with Crippen LogP contribution in [0.15, 0.2) is 24.3 Å². The number of nitrogens with one attached hydrogen (secondary N) is 1. The molecule has 0 amide bonds. The van der Waals surface area contributed by atoms with Crippen LogP contribution in [0, 0.1) is 11.7 Å². The first-order chi connectivity index (χ1) is 9.70. The summed E-state index contributed by atoms with van der Waals surface area (Å²) >= 11 is 0. The van der Waals surface area contributed by atoms with Gasteiger partial charge in [-0.05, 0) is 50.9 Å². The molecule has 0 saturated carbocycles. The second kappa shape index (κ2) is 7.75. The van der Waals surface area contributed by atoms with E-state index in [0.29, 0.717) is 0 Å². The molecule has 0 bridgehead atoms. The summed E-state index contributed by atoms with van der Waals surface area (Å²) < 4.78 is 13.9. The zero-order chi connectivity index (χ0) is 14.4. The van der Waals surface area contributed by atoms with E-state index in [2.05, 4.69) is 24.1 Å². The van der Waals surface area contributed by atoms with Crippen LogP contribution in [0.3, 0.4) is 0 Å². The molecular formula is C17H27FN2. The molecule has 2 rings (SSSR count). The summed E-state index contributed by atoms with van der Waals surface area (Å²) in [7, 11) is 0. The molecule has 1 saturated heterocycles. The van der Waals surface area contributed by atoms with Crippen LogP contribution >= 0.6 is 0 Å². The van der Waals surface area contributed by atoms with E-state index in [0.717, 1.165) is 31.0 Å². The molecule has 3 heteroatoms. The summed E-state index contributed by atoms with van der Waals surface area (Å²) in [6.07, 6.45) is 3.62. The Morgan fingerprint density at radius 2 is 2.20 bits per heavy atom. The molecule has 1 heterocycles. The van der Waals surface area contributed by atoms with Crippen LogP contribution in [0.2, 0.25) is 0 Å². The van der Waals surface area contributed by atoms with Crippen molar-refractivity contribution < 1.29 is 4.39 Å². The van der Waals surface area contributed by atoms with Crippen molar-refractivity contribution in [2.24, 2.45) is 5.92 Å². The van der Waals surface area contributed by atoms with E-state index in [1.165, 1.54) is 25.9 Å². The molecule has 1 aliphatic heterocycles. The first-order valence-corrected chi connectivity index (χ1v) is 7.91. The number of likely N-dealkylation sites (tertiary alicyclic amines) is 1. The Bertz CT molecular complexity index is 408. The van der Waals surface area contributed by atoms with E-state index in [1.54, 1.807) is 12.1 Å². The Morgan fingerprint density at radius 3 is 2.90 bits per heavy atom. The summed E-state index contributed by atoms with van der Waals surface area (Å²) in [5.41, 5.74) is 0.805. The van der Waals surface area contributed by atoms with Crippen LogP contribution in [0.5, 0.6) is 0 Å². The average molecular weight is 278 g/mol. The van der Waals surface area contributed by atoms with E-state index < -0.39 is 0 Å². The lowest BCUT2D eigenvalue weighted by molar-refractivity contribution is 0.176. The summed E-state index contributed by atoms with van der Waals surface area (Å²) in [6, 6.07) is 7.27. The molecule has 112 valence electrons. The monoisotopic (exact) mass is 278 g/mol. The first-order valence-electron chi connectivity index (χ1n) is 7.91. The molecule has 1 aromatic carbocycles. The quantitative estimate of drug-likeness (QED) is 0.855. The Kier molecular flexibility index (Phi) is 5.99. The number of nitrogens with zero attached hydrogens (tertiary/aromatic N) is 1. The van der Waals surface area contributed by atoms with Gasteiger partial charge in [-0.25, -0.2) is 4.39 Å². The third kappa shape index (κ3) is 4.29. The highest BCUT2D eigenvalue weighted by Crippen LogP contribution is 2.22. The van der Waals surface area contributed by atoms with Gasteiger partial charge < -0.3 is 10.2 Å². The maximum Gasteiger partial charge on any atom is 0.127 e. The van der Waals surface area contributed by atoms with Gasteiger partial charge in [0.15, 0.2) is 0 Å². The van der Waals surface area contributed by atoms with Crippen LogP contribution in [0.4, 0.5) is 4.39 Å². The fraction of sp³-hybridized carbons (Fsp3) is 0.647. The van der Waals surface area contributed by atoms with Crippen molar-refractivity contribution >= 4 is 0 Å². The van der Waals surface area contributed by atoms with E-state index >= 15 is 0 Å². The summed E-state index contributed by atoms with van der Waals surface area (Å²) in [6.45, 7) is 8.71. The lowest BCUT2D eigenvalue weighted by atomic mass is 9.98. The Morgan fingerprint density at radius 1 is 1.40 bits per heavy atom. The number of benzene rings is 1. The molecule has 2 atom stereocenters. The van der Waals surface area contributed by atoms with Crippen LogP contribution < -0.4 is 5.32 Å². The Balaban J connectivity index is 1.94. The normalized spacial score (nSPS) is 21.9. The van der Waals surface area contributed by atoms with Crippen LogP contribution in [-0.2, 0) is 0 Å². The molecule has 1 aromatic rings. The second-order valence-corrected chi connectivity index (χ2v) is 5.97. The topological polar surface area (TPSA) is 15.3 Å². The van der Waals surface area contributed by atoms with E-state index in [9.17, 15) is 4.39 Å². The number of halogens is 1. The summed E-state index contributed by atoms with van der Waals surface area (Å²) in [4.78, 5) is 2.53. The predicted molar refractivity (Wildman–Crippen MR) is 82.3 cm³/mol. The minimum absolute atomic E-state index is 0.0922. The third-order valence-corrected chi connectivity index (χ3v) is 4.21. The van der Waals surface area contributed by atoms with Crippen molar-refractivity contribution in [3.05, 3.63) is 35.6 Å². The zero-order valence-corrected chi connectivity index (χ0v) is 12.7. The van der Waals surface area contributed by atoms with Crippen molar-refractivity contribution in [1.82, 2.24) is 10.2 Å². The largest absolute Gasteiger partial charge is 0.310 e. The molecule has 0 aromatic heterocycles. The highest BCUT2D eigenvalue weighted by molar-refractivity contribution is 5.21. The predicted octanol–water partition coefficient (Wildman–Crippen LogP) is 3.60. The number of piperidine rings is 1. The van der Waals surface area contributed by atoms with Gasteiger partial charge in [0.1, 0.15) is 5.82 Å². The van der Waals surface area contributed by atoms with Crippen LogP contribution in [0.25, 0.3) is 0 Å². The van der Waals surface area contributed by atoms with Crippen molar-refractivity contribution in [1.29, 1.82) is 0 Å². The fourth-order valence-corrected chi connectivity index (χ4v) is 3.17. The van der Waals surface area contributed by atoms with Gasteiger partial charge in [-0.2, -0.15) is 0 Å². The maximum atomic E-state index is 13.9. The van der Waals surface area contributed by atoms with Gasteiger partial charge in [0.2, 0.25) is 0 Å². The minimum atomic E-state index is -0.0922. The van der Waals surface area contributed by atoms with Gasteiger partial charge in [-0.1, -0.05) is 32.0 Å². The van der Waals surface area contributed by atoms with Crippen molar-refractivity contribution in [3.8, 4) is 0 Å².